The maximum absolute atomic E-state index is 12.9. The van der Waals surface area contributed by atoms with E-state index in [9.17, 15) is 9.59 Å². The molecule has 8 heteroatoms. The largest absolute Gasteiger partial charge is 0.455 e. The molecule has 0 aliphatic heterocycles. The molecule has 0 saturated heterocycles. The number of amides is 1. The minimum Gasteiger partial charge on any atom is -0.455 e. The van der Waals surface area contributed by atoms with E-state index in [1.54, 1.807) is 36.4 Å². The second-order valence-corrected chi connectivity index (χ2v) is 7.24. The van der Waals surface area contributed by atoms with Gasteiger partial charge < -0.3 is 19.9 Å². The number of carbonyl (C=O) groups is 1. The van der Waals surface area contributed by atoms with E-state index in [4.69, 9.17) is 10.00 Å². The molecular weight excluding hydrogens is 406 g/mol. The van der Waals surface area contributed by atoms with Crippen molar-refractivity contribution in [2.24, 2.45) is 0 Å². The van der Waals surface area contributed by atoms with Crippen LogP contribution < -0.4 is 20.5 Å². The number of nitrogens with one attached hydrogen (secondary N) is 2. The molecule has 3 aromatic carbocycles. The van der Waals surface area contributed by atoms with Gasteiger partial charge in [-0.3, -0.25) is 9.59 Å². The summed E-state index contributed by atoms with van der Waals surface area (Å²) < 4.78 is 6.07. The van der Waals surface area contributed by atoms with E-state index in [2.05, 4.69) is 15.3 Å². The molecule has 0 unspecified atom stereocenters. The third-order valence-electron chi connectivity index (χ3n) is 4.81. The number of anilines is 2. The van der Waals surface area contributed by atoms with Crippen LogP contribution in [0, 0.1) is 11.3 Å². The summed E-state index contributed by atoms with van der Waals surface area (Å²) in [5.41, 5.74) is 2.07. The van der Waals surface area contributed by atoms with Crippen LogP contribution in [-0.2, 0) is 0 Å². The van der Waals surface area contributed by atoms with E-state index in [1.807, 2.05) is 43.3 Å². The summed E-state index contributed by atoms with van der Waals surface area (Å²) in [5.74, 6) is 0.410. The maximum Gasteiger partial charge on any atom is 0.258 e. The molecule has 1 aromatic heterocycles. The highest BCUT2D eigenvalue weighted by molar-refractivity contribution is 6.06. The number of aromatic nitrogens is 2. The molecule has 0 saturated carbocycles. The molecule has 0 aliphatic carbocycles. The van der Waals surface area contributed by atoms with Gasteiger partial charge in [-0.1, -0.05) is 12.1 Å². The minimum absolute atomic E-state index is 0.289. The molecule has 8 nitrogen and oxygen atoms in total. The van der Waals surface area contributed by atoms with Gasteiger partial charge in [0.05, 0.1) is 34.6 Å². The van der Waals surface area contributed by atoms with Crippen molar-refractivity contribution in [1.82, 2.24) is 9.97 Å². The summed E-state index contributed by atoms with van der Waals surface area (Å²) in [5, 5.41) is 12.2. The van der Waals surface area contributed by atoms with Gasteiger partial charge in [-0.15, -0.1) is 0 Å². The first-order chi connectivity index (χ1) is 15.4. The Morgan fingerprint density at radius 3 is 2.72 bits per heavy atom. The third kappa shape index (κ3) is 4.27. The minimum atomic E-state index is -0.418. The molecule has 0 aliphatic rings. The van der Waals surface area contributed by atoms with Gasteiger partial charge >= 0.3 is 0 Å². The summed E-state index contributed by atoms with van der Waals surface area (Å²) in [7, 11) is 3.84. The lowest BCUT2D eigenvalue weighted by Gasteiger charge is -2.16. The highest BCUT2D eigenvalue weighted by Crippen LogP contribution is 2.34. The van der Waals surface area contributed by atoms with Crippen molar-refractivity contribution in [3.8, 4) is 17.6 Å². The Balaban J connectivity index is 1.76. The lowest BCUT2D eigenvalue weighted by molar-refractivity contribution is 0.102. The number of nitriles is 1. The van der Waals surface area contributed by atoms with Gasteiger partial charge in [0.2, 0.25) is 0 Å². The molecule has 4 aromatic rings. The summed E-state index contributed by atoms with van der Waals surface area (Å²) in [6.07, 6.45) is 1.30. The molecule has 1 heterocycles. The SMILES string of the molecule is CN(C)c1cccc(Oc2cc3c(=O)[nH]cnc3cc2NC(=O)c2cccc(C#N)c2)c1. The van der Waals surface area contributed by atoms with E-state index in [0.29, 0.717) is 33.5 Å². The van der Waals surface area contributed by atoms with Crippen molar-refractivity contribution in [2.45, 2.75) is 0 Å². The number of carbonyl (C=O) groups excluding carboxylic acids is 1. The second kappa shape index (κ2) is 8.62. The fraction of sp³-hybridized carbons (Fsp3) is 0.0833. The Morgan fingerprint density at radius 1 is 1.12 bits per heavy atom. The molecule has 158 valence electrons. The molecule has 4 rings (SSSR count). The normalized spacial score (nSPS) is 10.4. The topological polar surface area (TPSA) is 111 Å². The monoisotopic (exact) mass is 425 g/mol. The standard InChI is InChI=1S/C24H19N5O3/c1-29(2)17-7-4-8-18(10-17)32-22-11-19-20(26-14-27-24(19)31)12-21(22)28-23(30)16-6-3-5-15(9-16)13-25/h3-12,14H,1-2H3,(H,28,30)(H,26,27,31). The zero-order valence-electron chi connectivity index (χ0n) is 17.4. The van der Waals surface area contributed by atoms with Crippen LogP contribution in [-0.4, -0.2) is 30.0 Å². The van der Waals surface area contributed by atoms with Gasteiger partial charge in [0.1, 0.15) is 5.75 Å². The Hall–Kier alpha value is -4.64. The Kier molecular flexibility index (Phi) is 5.55. The molecule has 1 amide bonds. The summed E-state index contributed by atoms with van der Waals surface area (Å²) in [6, 6.07) is 18.9. The van der Waals surface area contributed by atoms with E-state index in [-0.39, 0.29) is 11.3 Å². The highest BCUT2D eigenvalue weighted by atomic mass is 16.5. The van der Waals surface area contributed by atoms with Crippen LogP contribution in [0.2, 0.25) is 0 Å². The summed E-state index contributed by atoms with van der Waals surface area (Å²) in [6.45, 7) is 0. The van der Waals surface area contributed by atoms with Crippen molar-refractivity contribution >= 4 is 28.2 Å². The number of rotatable bonds is 5. The van der Waals surface area contributed by atoms with E-state index < -0.39 is 5.91 Å². The van der Waals surface area contributed by atoms with Gasteiger partial charge in [-0.05, 0) is 42.5 Å². The van der Waals surface area contributed by atoms with Crippen LogP contribution >= 0.6 is 0 Å². The first-order valence-corrected chi connectivity index (χ1v) is 9.73. The average molecular weight is 425 g/mol. The van der Waals surface area contributed by atoms with Crippen LogP contribution in [0.25, 0.3) is 10.9 Å². The number of fused-ring (bicyclic) bond motifs is 1. The average Bonchev–Trinajstić information content (AvgIpc) is 2.80. The Bertz CT molecular complexity index is 1420. The molecule has 2 N–H and O–H groups in total. The van der Waals surface area contributed by atoms with Crippen molar-refractivity contribution in [3.63, 3.8) is 0 Å². The van der Waals surface area contributed by atoms with Crippen molar-refractivity contribution in [1.29, 1.82) is 5.26 Å². The van der Waals surface area contributed by atoms with Gasteiger partial charge in [0.15, 0.2) is 5.75 Å². The first kappa shape index (κ1) is 20.6. The maximum atomic E-state index is 12.9. The zero-order valence-corrected chi connectivity index (χ0v) is 17.4. The van der Waals surface area contributed by atoms with Gasteiger partial charge in [0.25, 0.3) is 11.5 Å². The van der Waals surface area contributed by atoms with E-state index in [0.717, 1.165) is 5.69 Å². The van der Waals surface area contributed by atoms with Crippen molar-refractivity contribution < 1.29 is 9.53 Å². The van der Waals surface area contributed by atoms with Crippen LogP contribution in [0.4, 0.5) is 11.4 Å². The summed E-state index contributed by atoms with van der Waals surface area (Å²) >= 11 is 0. The lowest BCUT2D eigenvalue weighted by atomic mass is 10.1. The number of aromatic amines is 1. The van der Waals surface area contributed by atoms with E-state index >= 15 is 0 Å². The van der Waals surface area contributed by atoms with Crippen LogP contribution in [0.5, 0.6) is 11.5 Å². The quantitative estimate of drug-likeness (QED) is 0.502. The number of H-pyrrole nitrogens is 1. The Labute approximate surface area is 183 Å². The molecule has 0 fully saturated rings. The zero-order chi connectivity index (χ0) is 22.7. The fourth-order valence-electron chi connectivity index (χ4n) is 3.15. The molecule has 0 spiro atoms. The highest BCUT2D eigenvalue weighted by Gasteiger charge is 2.15. The molecule has 0 bridgehead atoms. The van der Waals surface area contributed by atoms with Crippen LogP contribution in [0.1, 0.15) is 15.9 Å². The molecule has 32 heavy (non-hydrogen) atoms. The predicted octanol–water partition coefficient (Wildman–Crippen LogP) is 3.91. The van der Waals surface area contributed by atoms with Gasteiger partial charge in [-0.2, -0.15) is 5.26 Å². The van der Waals surface area contributed by atoms with Crippen LogP contribution in [0.3, 0.4) is 0 Å². The third-order valence-corrected chi connectivity index (χ3v) is 4.81. The molecule has 0 radical (unpaired) electrons. The van der Waals surface area contributed by atoms with E-state index in [1.165, 1.54) is 12.4 Å². The second-order valence-electron chi connectivity index (χ2n) is 7.24. The lowest BCUT2D eigenvalue weighted by Crippen LogP contribution is -2.14. The molecule has 0 atom stereocenters. The van der Waals surface area contributed by atoms with Crippen molar-refractivity contribution in [2.75, 3.05) is 24.3 Å². The number of hydrogen-bond acceptors (Lipinski definition) is 6. The number of hydrogen-bond donors (Lipinski definition) is 2. The number of benzene rings is 3. The van der Waals surface area contributed by atoms with Gasteiger partial charge in [0, 0.05) is 31.4 Å². The fourth-order valence-corrected chi connectivity index (χ4v) is 3.15. The number of ether oxygens (including phenoxy) is 1. The van der Waals surface area contributed by atoms with Gasteiger partial charge in [-0.25, -0.2) is 4.98 Å². The smallest absolute Gasteiger partial charge is 0.258 e. The first-order valence-electron chi connectivity index (χ1n) is 9.73. The van der Waals surface area contributed by atoms with Crippen molar-refractivity contribution in [3.05, 3.63) is 88.5 Å². The predicted molar refractivity (Wildman–Crippen MR) is 122 cm³/mol. The number of nitrogens with zero attached hydrogens (tertiary/aromatic N) is 3. The van der Waals surface area contributed by atoms with Crippen LogP contribution in [0.15, 0.2) is 71.8 Å². The molecular formula is C24H19N5O3. The summed E-state index contributed by atoms with van der Waals surface area (Å²) in [4.78, 5) is 33.8. The Morgan fingerprint density at radius 2 is 1.94 bits per heavy atom.